The number of aromatic nitrogens is 1. The molecule has 0 unspecified atom stereocenters. The quantitative estimate of drug-likeness (QED) is 0.639. The number of para-hydroxylation sites is 1. The molecular formula is C23H22FN3O2. The van der Waals surface area contributed by atoms with Gasteiger partial charge in [-0.3, -0.25) is 14.6 Å². The number of pyridine rings is 1. The van der Waals surface area contributed by atoms with Gasteiger partial charge in [-0.05, 0) is 48.2 Å². The van der Waals surface area contributed by atoms with E-state index < -0.39 is 5.91 Å². The molecule has 0 radical (unpaired) electrons. The highest BCUT2D eigenvalue weighted by Crippen LogP contribution is 2.17. The van der Waals surface area contributed by atoms with Crippen molar-refractivity contribution in [3.8, 4) is 0 Å². The Kier molecular flexibility index (Phi) is 6.68. The van der Waals surface area contributed by atoms with Crippen LogP contribution in [0.25, 0.3) is 0 Å². The molecule has 2 aromatic carbocycles. The highest BCUT2D eigenvalue weighted by atomic mass is 19.1. The Labute approximate surface area is 169 Å². The number of rotatable bonds is 7. The highest BCUT2D eigenvalue weighted by Gasteiger charge is 2.13. The van der Waals surface area contributed by atoms with Crippen LogP contribution in [0.2, 0.25) is 0 Å². The van der Waals surface area contributed by atoms with E-state index in [4.69, 9.17) is 0 Å². The van der Waals surface area contributed by atoms with Crippen LogP contribution in [0.5, 0.6) is 0 Å². The zero-order valence-electron chi connectivity index (χ0n) is 16.1. The lowest BCUT2D eigenvalue weighted by Crippen LogP contribution is -2.27. The normalized spacial score (nSPS) is 10.4. The van der Waals surface area contributed by atoms with Gasteiger partial charge in [0, 0.05) is 24.0 Å². The summed E-state index contributed by atoms with van der Waals surface area (Å²) in [6, 6.07) is 17.0. The van der Waals surface area contributed by atoms with Crippen molar-refractivity contribution in [2.45, 2.75) is 19.8 Å². The van der Waals surface area contributed by atoms with Gasteiger partial charge in [-0.25, -0.2) is 4.39 Å². The van der Waals surface area contributed by atoms with Crippen LogP contribution < -0.4 is 10.6 Å². The largest absolute Gasteiger partial charge is 0.350 e. The maximum Gasteiger partial charge on any atom is 0.269 e. The van der Waals surface area contributed by atoms with Crippen LogP contribution in [0.3, 0.4) is 0 Å². The van der Waals surface area contributed by atoms with Gasteiger partial charge in [-0.15, -0.1) is 0 Å². The van der Waals surface area contributed by atoms with E-state index in [2.05, 4.69) is 15.6 Å². The third kappa shape index (κ3) is 5.25. The highest BCUT2D eigenvalue weighted by molar-refractivity contribution is 6.06. The van der Waals surface area contributed by atoms with Gasteiger partial charge in [0.05, 0.1) is 0 Å². The molecule has 3 aromatic rings. The molecule has 0 saturated heterocycles. The average Bonchev–Trinajstić information content (AvgIpc) is 2.75. The van der Waals surface area contributed by atoms with Crippen molar-refractivity contribution < 1.29 is 14.0 Å². The molecule has 1 aromatic heterocycles. The second kappa shape index (κ2) is 9.59. The number of halogens is 1. The van der Waals surface area contributed by atoms with Crippen molar-refractivity contribution in [2.75, 3.05) is 11.9 Å². The number of nitrogens with zero attached hydrogens (tertiary/aromatic N) is 1. The molecule has 29 heavy (non-hydrogen) atoms. The Hall–Kier alpha value is -3.54. The van der Waals surface area contributed by atoms with Crippen molar-refractivity contribution in [1.82, 2.24) is 10.3 Å². The minimum absolute atomic E-state index is 0.134. The van der Waals surface area contributed by atoms with E-state index in [1.165, 1.54) is 18.3 Å². The van der Waals surface area contributed by atoms with Crippen molar-refractivity contribution >= 4 is 17.5 Å². The molecule has 1 heterocycles. The minimum atomic E-state index is -0.412. The number of anilines is 1. The first-order chi connectivity index (χ1) is 14.1. The maximum atomic E-state index is 13.6. The summed E-state index contributed by atoms with van der Waals surface area (Å²) in [5, 5.41) is 5.58. The third-order valence-corrected chi connectivity index (χ3v) is 4.54. The summed E-state index contributed by atoms with van der Waals surface area (Å²) < 4.78 is 13.6. The van der Waals surface area contributed by atoms with Crippen LogP contribution in [0, 0.1) is 5.82 Å². The molecule has 0 spiro atoms. The summed E-state index contributed by atoms with van der Waals surface area (Å²) in [5.74, 6) is -1.02. The SMILES string of the molecule is CCc1ccccc1NC(=O)c1ccnc(C(=O)NCCc2ccccc2F)c1. The molecule has 0 aliphatic carbocycles. The Morgan fingerprint density at radius 3 is 2.45 bits per heavy atom. The van der Waals surface area contributed by atoms with Crippen molar-refractivity contribution in [1.29, 1.82) is 0 Å². The molecule has 148 valence electrons. The van der Waals surface area contributed by atoms with Gasteiger partial charge in [0.25, 0.3) is 11.8 Å². The van der Waals surface area contributed by atoms with E-state index >= 15 is 0 Å². The molecule has 0 atom stereocenters. The number of hydrogen-bond acceptors (Lipinski definition) is 3. The standard InChI is InChI=1S/C23H22FN3O2/c1-2-16-7-4-6-10-20(16)27-22(28)18-12-13-25-21(15-18)23(29)26-14-11-17-8-3-5-9-19(17)24/h3-10,12-13,15H,2,11,14H2,1H3,(H,26,29)(H,27,28). The fourth-order valence-electron chi connectivity index (χ4n) is 2.94. The van der Waals surface area contributed by atoms with Crippen LogP contribution in [0.4, 0.5) is 10.1 Å². The van der Waals surface area contributed by atoms with Crippen molar-refractivity contribution in [3.63, 3.8) is 0 Å². The van der Waals surface area contributed by atoms with Crippen LogP contribution in [0.1, 0.15) is 38.9 Å². The van der Waals surface area contributed by atoms with E-state index in [-0.39, 0.29) is 24.0 Å². The van der Waals surface area contributed by atoms with E-state index in [1.807, 2.05) is 31.2 Å². The number of aryl methyl sites for hydroxylation is 1. The maximum absolute atomic E-state index is 13.6. The zero-order chi connectivity index (χ0) is 20.6. The van der Waals surface area contributed by atoms with E-state index in [9.17, 15) is 14.0 Å². The minimum Gasteiger partial charge on any atom is -0.350 e. The topological polar surface area (TPSA) is 71.1 Å². The van der Waals surface area contributed by atoms with Crippen LogP contribution >= 0.6 is 0 Å². The van der Waals surface area contributed by atoms with Gasteiger partial charge in [-0.1, -0.05) is 43.3 Å². The summed E-state index contributed by atoms with van der Waals surface area (Å²) in [6.07, 6.45) is 2.58. The first-order valence-corrected chi connectivity index (χ1v) is 9.45. The summed E-state index contributed by atoms with van der Waals surface area (Å²) in [5.41, 5.74) is 2.78. The third-order valence-electron chi connectivity index (χ3n) is 4.54. The molecule has 0 bridgehead atoms. The lowest BCUT2D eigenvalue weighted by Gasteiger charge is -2.10. The predicted molar refractivity (Wildman–Crippen MR) is 110 cm³/mol. The number of carbonyl (C=O) groups is 2. The molecule has 0 saturated carbocycles. The fraction of sp³-hybridized carbons (Fsp3) is 0.174. The Balaban J connectivity index is 1.63. The fourth-order valence-corrected chi connectivity index (χ4v) is 2.94. The zero-order valence-corrected chi connectivity index (χ0v) is 16.1. The van der Waals surface area contributed by atoms with Gasteiger partial charge in [0.2, 0.25) is 0 Å². The Bertz CT molecular complexity index is 1020. The molecule has 0 aliphatic heterocycles. The van der Waals surface area contributed by atoms with Crippen LogP contribution in [-0.4, -0.2) is 23.3 Å². The molecule has 3 rings (SSSR count). The number of nitrogens with one attached hydrogen (secondary N) is 2. The number of hydrogen-bond donors (Lipinski definition) is 2. The van der Waals surface area contributed by atoms with Crippen molar-refractivity contribution in [2.24, 2.45) is 0 Å². The lowest BCUT2D eigenvalue weighted by molar-refractivity contribution is 0.0949. The van der Waals surface area contributed by atoms with Gasteiger partial charge >= 0.3 is 0 Å². The van der Waals surface area contributed by atoms with Gasteiger partial charge in [-0.2, -0.15) is 0 Å². The first-order valence-electron chi connectivity index (χ1n) is 9.45. The van der Waals surface area contributed by atoms with Crippen LogP contribution in [0.15, 0.2) is 66.9 Å². The number of amides is 2. The first kappa shape index (κ1) is 20.2. The molecule has 0 aliphatic rings. The van der Waals surface area contributed by atoms with E-state index in [0.29, 0.717) is 17.5 Å². The second-order valence-corrected chi connectivity index (χ2v) is 6.49. The summed E-state index contributed by atoms with van der Waals surface area (Å²) >= 11 is 0. The van der Waals surface area contributed by atoms with Gasteiger partial charge < -0.3 is 10.6 Å². The smallest absolute Gasteiger partial charge is 0.269 e. The summed E-state index contributed by atoms with van der Waals surface area (Å²) in [7, 11) is 0. The van der Waals surface area contributed by atoms with Crippen molar-refractivity contribution in [3.05, 3.63) is 95.1 Å². The predicted octanol–water partition coefficient (Wildman–Crippen LogP) is 4.01. The summed E-state index contributed by atoms with van der Waals surface area (Å²) in [6.45, 7) is 2.28. The second-order valence-electron chi connectivity index (χ2n) is 6.49. The van der Waals surface area contributed by atoms with E-state index in [1.54, 1.807) is 24.3 Å². The number of carbonyl (C=O) groups excluding carboxylic acids is 2. The molecule has 2 amide bonds. The molecular weight excluding hydrogens is 369 g/mol. The average molecular weight is 391 g/mol. The van der Waals surface area contributed by atoms with Crippen LogP contribution in [-0.2, 0) is 12.8 Å². The molecule has 2 N–H and O–H groups in total. The van der Waals surface area contributed by atoms with Gasteiger partial charge in [0.1, 0.15) is 11.5 Å². The lowest BCUT2D eigenvalue weighted by atomic mass is 10.1. The molecule has 6 heteroatoms. The summed E-state index contributed by atoms with van der Waals surface area (Å²) in [4.78, 5) is 29.0. The van der Waals surface area contributed by atoms with E-state index in [0.717, 1.165) is 17.7 Å². The molecule has 5 nitrogen and oxygen atoms in total. The Morgan fingerprint density at radius 1 is 0.966 bits per heavy atom. The van der Waals surface area contributed by atoms with Gasteiger partial charge in [0.15, 0.2) is 0 Å². The number of benzene rings is 2. The monoisotopic (exact) mass is 391 g/mol. The Morgan fingerprint density at radius 2 is 1.69 bits per heavy atom. The molecule has 0 fully saturated rings.